The molecule has 2 aromatic heterocycles. The molecule has 0 aliphatic carbocycles. The van der Waals surface area contributed by atoms with Crippen molar-refractivity contribution in [2.75, 3.05) is 5.32 Å². The molecule has 2 heterocycles. The summed E-state index contributed by atoms with van der Waals surface area (Å²) in [6.07, 6.45) is 4.57. The summed E-state index contributed by atoms with van der Waals surface area (Å²) < 4.78 is 40.2. The predicted octanol–water partition coefficient (Wildman–Crippen LogP) is 4.34. The molecule has 0 radical (unpaired) electrons. The van der Waals surface area contributed by atoms with Crippen LogP contribution in [0.5, 0.6) is 11.5 Å². The summed E-state index contributed by atoms with van der Waals surface area (Å²) in [4.78, 5) is 12.4. The lowest BCUT2D eigenvalue weighted by Crippen LogP contribution is -2.14. The fourth-order valence-corrected chi connectivity index (χ4v) is 2.77. The van der Waals surface area contributed by atoms with E-state index < -0.39 is 17.5 Å². The largest absolute Gasteiger partial charge is 0.471 e. The molecule has 0 saturated carbocycles. The lowest BCUT2D eigenvalue weighted by atomic mass is 10.3. The molecule has 32 heavy (non-hydrogen) atoms. The molecule has 0 aliphatic heterocycles. The van der Waals surface area contributed by atoms with Crippen molar-refractivity contribution in [1.29, 1.82) is 0 Å². The molecule has 0 aliphatic rings. The van der Waals surface area contributed by atoms with E-state index in [1.165, 1.54) is 33.9 Å². The third-order valence-electron chi connectivity index (χ3n) is 4.19. The zero-order chi connectivity index (χ0) is 22.5. The first-order chi connectivity index (χ1) is 15.5. The Labute approximate surface area is 185 Å². The van der Waals surface area contributed by atoms with E-state index in [1.807, 2.05) is 0 Å². The van der Waals surface area contributed by atoms with Crippen LogP contribution >= 0.6 is 11.6 Å². The number of rotatable bonds is 8. The number of nitrogens with one attached hydrogen (secondary N) is 1. The van der Waals surface area contributed by atoms with Gasteiger partial charge in [-0.3, -0.25) is 4.79 Å². The second kappa shape index (κ2) is 9.48. The zero-order valence-corrected chi connectivity index (χ0v) is 17.2. The third-order valence-corrected chi connectivity index (χ3v) is 4.44. The van der Waals surface area contributed by atoms with Gasteiger partial charge in [0.05, 0.1) is 18.1 Å². The number of carbonyl (C=O) groups is 1. The van der Waals surface area contributed by atoms with Crippen LogP contribution in [0.3, 0.4) is 0 Å². The van der Waals surface area contributed by atoms with E-state index in [0.717, 1.165) is 12.1 Å². The second-order valence-corrected chi connectivity index (χ2v) is 6.98. The topological polar surface area (TPSA) is 83.2 Å². The Kier molecular flexibility index (Phi) is 6.31. The Hall–Kier alpha value is -3.92. The van der Waals surface area contributed by atoms with Gasteiger partial charge in [0.2, 0.25) is 0 Å². The minimum absolute atomic E-state index is 0.123. The first-order valence-corrected chi connectivity index (χ1v) is 9.67. The van der Waals surface area contributed by atoms with Gasteiger partial charge < -0.3 is 14.8 Å². The monoisotopic (exact) mass is 459 g/mol. The highest BCUT2D eigenvalue weighted by Crippen LogP contribution is 2.18. The van der Waals surface area contributed by atoms with Crippen LogP contribution in [0.15, 0.2) is 67.1 Å². The molecule has 1 N–H and O–H groups in total. The number of hydrogen-bond donors (Lipinski definition) is 1. The van der Waals surface area contributed by atoms with Gasteiger partial charge in [0.1, 0.15) is 11.6 Å². The number of ether oxygens (including phenoxy) is 2. The van der Waals surface area contributed by atoms with Crippen LogP contribution in [0.2, 0.25) is 5.02 Å². The zero-order valence-electron chi connectivity index (χ0n) is 16.4. The first-order valence-electron chi connectivity index (χ1n) is 9.30. The second-order valence-electron chi connectivity index (χ2n) is 6.54. The van der Waals surface area contributed by atoms with Gasteiger partial charge in [-0.1, -0.05) is 11.6 Å². The Morgan fingerprint density at radius 1 is 1.03 bits per heavy atom. The van der Waals surface area contributed by atoms with Crippen LogP contribution in [-0.2, 0) is 13.5 Å². The summed E-state index contributed by atoms with van der Waals surface area (Å²) in [5.41, 5.74) is 0.576. The molecule has 0 bridgehead atoms. The Balaban J connectivity index is 1.29. The molecule has 11 heteroatoms. The van der Waals surface area contributed by atoms with Crippen molar-refractivity contribution < 1.29 is 23.0 Å². The maximum absolute atomic E-state index is 13.6. The number of amides is 1. The quantitative estimate of drug-likeness (QED) is 0.424. The van der Waals surface area contributed by atoms with Crippen molar-refractivity contribution >= 4 is 23.2 Å². The SMILES string of the molecule is O=C(Nc1cnn(COc2ccc(Cl)cc2)c1)c1ccn(COc2ccc(F)cc2F)n1. The number of hydrogen-bond acceptors (Lipinski definition) is 5. The highest BCUT2D eigenvalue weighted by Gasteiger charge is 2.12. The smallest absolute Gasteiger partial charge is 0.276 e. The molecule has 0 spiro atoms. The van der Waals surface area contributed by atoms with Crippen molar-refractivity contribution in [3.05, 3.63) is 89.5 Å². The maximum Gasteiger partial charge on any atom is 0.276 e. The molecule has 4 rings (SSSR count). The maximum atomic E-state index is 13.6. The Morgan fingerprint density at radius 2 is 1.81 bits per heavy atom. The number of halogens is 3. The van der Waals surface area contributed by atoms with Gasteiger partial charge in [0.15, 0.2) is 30.7 Å². The van der Waals surface area contributed by atoms with Crippen LogP contribution in [0.25, 0.3) is 0 Å². The van der Waals surface area contributed by atoms with Gasteiger partial charge in [-0.05, 0) is 42.5 Å². The minimum Gasteiger partial charge on any atom is -0.471 e. The summed E-state index contributed by atoms with van der Waals surface area (Å²) in [7, 11) is 0. The number of benzene rings is 2. The number of carbonyl (C=O) groups excluding carboxylic acids is 1. The Morgan fingerprint density at radius 3 is 2.59 bits per heavy atom. The fourth-order valence-electron chi connectivity index (χ4n) is 2.65. The van der Waals surface area contributed by atoms with Gasteiger partial charge in [0, 0.05) is 17.3 Å². The normalized spacial score (nSPS) is 10.7. The number of aromatic nitrogens is 4. The third kappa shape index (κ3) is 5.41. The van der Waals surface area contributed by atoms with E-state index in [1.54, 1.807) is 30.5 Å². The first kappa shape index (κ1) is 21.3. The summed E-state index contributed by atoms with van der Waals surface area (Å²) in [5.74, 6) is -1.49. The number of nitrogens with zero attached hydrogens (tertiary/aromatic N) is 4. The van der Waals surface area contributed by atoms with Gasteiger partial charge in [-0.2, -0.15) is 10.2 Å². The molecule has 0 atom stereocenters. The van der Waals surface area contributed by atoms with Crippen LogP contribution < -0.4 is 14.8 Å². The summed E-state index contributed by atoms with van der Waals surface area (Å²) in [6, 6.07) is 11.4. The average Bonchev–Trinajstić information content (AvgIpc) is 3.42. The molecule has 0 saturated heterocycles. The fraction of sp³-hybridized carbons (Fsp3) is 0.0952. The van der Waals surface area contributed by atoms with Gasteiger partial charge >= 0.3 is 0 Å². The van der Waals surface area contributed by atoms with Crippen LogP contribution in [-0.4, -0.2) is 25.5 Å². The van der Waals surface area contributed by atoms with Crippen LogP contribution in [0.4, 0.5) is 14.5 Å². The molecule has 8 nitrogen and oxygen atoms in total. The lowest BCUT2D eigenvalue weighted by Gasteiger charge is -2.07. The molecule has 164 valence electrons. The number of anilines is 1. The predicted molar refractivity (Wildman–Crippen MR) is 111 cm³/mol. The van der Waals surface area contributed by atoms with E-state index >= 15 is 0 Å². The van der Waals surface area contributed by atoms with Gasteiger partial charge in [-0.15, -0.1) is 0 Å². The lowest BCUT2D eigenvalue weighted by molar-refractivity contribution is 0.102. The molecular weight excluding hydrogens is 444 g/mol. The van der Waals surface area contributed by atoms with E-state index in [0.29, 0.717) is 16.5 Å². The van der Waals surface area contributed by atoms with E-state index in [-0.39, 0.29) is 24.9 Å². The van der Waals surface area contributed by atoms with Crippen molar-refractivity contribution in [2.45, 2.75) is 13.5 Å². The highest BCUT2D eigenvalue weighted by molar-refractivity contribution is 6.30. The highest BCUT2D eigenvalue weighted by atomic mass is 35.5. The molecule has 0 fully saturated rings. The minimum atomic E-state index is -0.827. The standard InChI is InChI=1S/C21H16ClF2N5O3/c22-14-1-4-17(5-2-14)31-13-29-11-16(10-25-29)26-21(30)19-7-8-28(27-19)12-32-20-6-3-15(23)9-18(20)24/h1-11H,12-13H2,(H,26,30). The van der Waals surface area contributed by atoms with Gasteiger partial charge in [-0.25, -0.2) is 18.1 Å². The van der Waals surface area contributed by atoms with Crippen LogP contribution in [0.1, 0.15) is 10.5 Å². The molecule has 0 unspecified atom stereocenters. The van der Waals surface area contributed by atoms with Gasteiger partial charge in [0.25, 0.3) is 5.91 Å². The van der Waals surface area contributed by atoms with Crippen molar-refractivity contribution in [1.82, 2.24) is 19.6 Å². The molecule has 4 aromatic rings. The molecular formula is C21H16ClF2N5O3. The van der Waals surface area contributed by atoms with Crippen molar-refractivity contribution in [3.8, 4) is 11.5 Å². The Bertz CT molecular complexity index is 1230. The average molecular weight is 460 g/mol. The van der Waals surface area contributed by atoms with E-state index in [2.05, 4.69) is 15.5 Å². The van der Waals surface area contributed by atoms with E-state index in [9.17, 15) is 13.6 Å². The van der Waals surface area contributed by atoms with Crippen LogP contribution in [0, 0.1) is 11.6 Å². The van der Waals surface area contributed by atoms with Crippen molar-refractivity contribution in [3.63, 3.8) is 0 Å². The molecule has 2 aromatic carbocycles. The summed E-state index contributed by atoms with van der Waals surface area (Å²) >= 11 is 5.84. The molecule has 1 amide bonds. The summed E-state index contributed by atoms with van der Waals surface area (Å²) in [5, 5.41) is 11.5. The van der Waals surface area contributed by atoms with Crippen molar-refractivity contribution in [2.24, 2.45) is 0 Å². The summed E-state index contributed by atoms with van der Waals surface area (Å²) in [6.45, 7) is -0.0147. The van der Waals surface area contributed by atoms with E-state index in [4.69, 9.17) is 21.1 Å².